The smallest absolute Gasteiger partial charge is 0.229 e. The molecule has 11 heteroatoms. The van der Waals surface area contributed by atoms with E-state index in [2.05, 4.69) is 30.3 Å². The van der Waals surface area contributed by atoms with Crippen molar-refractivity contribution in [1.82, 2.24) is 24.1 Å². The van der Waals surface area contributed by atoms with Crippen molar-refractivity contribution in [3.8, 4) is 0 Å². The molecule has 29 heavy (non-hydrogen) atoms. The molecule has 0 unspecified atom stereocenters. The molecule has 0 aliphatic heterocycles. The molecule has 0 amide bonds. The maximum Gasteiger partial charge on any atom is 0.229 e. The van der Waals surface area contributed by atoms with Crippen LogP contribution in [0.1, 0.15) is 5.56 Å². The molecule has 0 spiro atoms. The quantitative estimate of drug-likeness (QED) is 0.334. The van der Waals surface area contributed by atoms with Crippen LogP contribution in [0.15, 0.2) is 61.2 Å². The van der Waals surface area contributed by atoms with Crippen molar-refractivity contribution in [2.75, 3.05) is 10.6 Å². The first-order chi connectivity index (χ1) is 14.1. The number of fused-ring (bicyclic) bond motifs is 1. The molecule has 4 rings (SSSR count). The van der Waals surface area contributed by atoms with Crippen LogP contribution in [0.2, 0.25) is 5.02 Å². The van der Waals surface area contributed by atoms with Crippen molar-refractivity contribution < 1.29 is 8.42 Å². The second kappa shape index (κ2) is 8.43. The molecule has 0 aliphatic carbocycles. The van der Waals surface area contributed by atoms with Gasteiger partial charge in [-0.15, -0.1) is 0 Å². The Kier molecular flexibility index (Phi) is 5.56. The molecule has 1 aromatic carbocycles. The Hall–Kier alpha value is -3.21. The third-order valence-corrected chi connectivity index (χ3v) is 4.76. The minimum Gasteiger partial charge on any atom is -0.339 e. The molecule has 0 saturated heterocycles. The molecule has 9 nitrogen and oxygen atoms in total. The van der Waals surface area contributed by atoms with Gasteiger partial charge in [-0.25, -0.2) is 23.1 Å². The summed E-state index contributed by atoms with van der Waals surface area (Å²) in [6.07, 6.45) is 6.94. The number of para-hydroxylation sites is 1. The SMILES string of the molecule is O=[SH](=O)NCc1ccccc1Nc1nc(Nc2ccn3ccnc3c2)ncc1Cl. The Bertz CT molecular complexity index is 1230. The number of thiol groups is 1. The van der Waals surface area contributed by atoms with E-state index in [4.69, 9.17) is 11.6 Å². The van der Waals surface area contributed by atoms with Gasteiger partial charge in [0.1, 0.15) is 10.7 Å². The van der Waals surface area contributed by atoms with Gasteiger partial charge in [-0.3, -0.25) is 0 Å². The van der Waals surface area contributed by atoms with Gasteiger partial charge in [0, 0.05) is 42.6 Å². The topological polar surface area (TPSA) is 113 Å². The minimum atomic E-state index is -2.69. The molecule has 148 valence electrons. The summed E-state index contributed by atoms with van der Waals surface area (Å²) < 4.78 is 25.9. The first kappa shape index (κ1) is 19.1. The normalized spacial score (nSPS) is 11.1. The summed E-state index contributed by atoms with van der Waals surface area (Å²) in [7, 11) is -2.69. The highest BCUT2D eigenvalue weighted by Gasteiger charge is 2.09. The molecule has 0 radical (unpaired) electrons. The van der Waals surface area contributed by atoms with Gasteiger partial charge >= 0.3 is 0 Å². The zero-order valence-corrected chi connectivity index (χ0v) is 16.6. The Labute approximate surface area is 172 Å². The number of pyridine rings is 1. The van der Waals surface area contributed by atoms with E-state index in [9.17, 15) is 8.42 Å². The molecule has 0 aliphatic rings. The fourth-order valence-electron chi connectivity index (χ4n) is 2.71. The largest absolute Gasteiger partial charge is 0.339 e. The summed E-state index contributed by atoms with van der Waals surface area (Å²) in [5, 5.41) is 6.60. The number of imidazole rings is 1. The minimum absolute atomic E-state index is 0.153. The van der Waals surface area contributed by atoms with E-state index in [1.54, 1.807) is 6.20 Å². The Morgan fingerprint density at radius 3 is 2.79 bits per heavy atom. The van der Waals surface area contributed by atoms with Crippen LogP contribution in [-0.4, -0.2) is 27.8 Å². The first-order valence-electron chi connectivity index (χ1n) is 8.53. The highest BCUT2D eigenvalue weighted by atomic mass is 35.5. The number of nitrogens with zero attached hydrogens (tertiary/aromatic N) is 4. The standard InChI is InChI=1S/C18H16ClN7O2S/c19-14-11-21-18(23-13-5-7-26-8-6-20-16(26)9-13)25-17(14)24-15-4-2-1-3-12(15)10-22-29(27)28/h1-9,11,29H,10H2,(H,22,27,28)(H2,21,23,24,25). The maximum atomic E-state index is 10.8. The van der Waals surface area contributed by atoms with Gasteiger partial charge < -0.3 is 15.0 Å². The average molecular weight is 430 g/mol. The zero-order valence-electron chi connectivity index (χ0n) is 14.9. The number of aromatic nitrogens is 4. The zero-order chi connectivity index (χ0) is 20.2. The highest BCUT2D eigenvalue weighted by Crippen LogP contribution is 2.27. The van der Waals surface area contributed by atoms with Crippen LogP contribution < -0.4 is 15.4 Å². The van der Waals surface area contributed by atoms with Crippen molar-refractivity contribution in [3.63, 3.8) is 0 Å². The Morgan fingerprint density at radius 2 is 1.93 bits per heavy atom. The molecular formula is C18H16ClN7O2S. The van der Waals surface area contributed by atoms with Gasteiger partial charge in [0.2, 0.25) is 16.8 Å². The third kappa shape index (κ3) is 4.62. The van der Waals surface area contributed by atoms with Crippen molar-refractivity contribution in [2.24, 2.45) is 0 Å². The van der Waals surface area contributed by atoms with E-state index in [-0.39, 0.29) is 6.54 Å². The summed E-state index contributed by atoms with van der Waals surface area (Å²) in [4.78, 5) is 12.9. The van der Waals surface area contributed by atoms with E-state index in [0.29, 0.717) is 22.5 Å². The fraction of sp³-hybridized carbons (Fsp3) is 0.0556. The predicted molar refractivity (Wildman–Crippen MR) is 112 cm³/mol. The van der Waals surface area contributed by atoms with Crippen molar-refractivity contribution in [2.45, 2.75) is 6.54 Å². The number of anilines is 4. The number of hydrogen-bond acceptors (Lipinski definition) is 7. The second-order valence-electron chi connectivity index (χ2n) is 6.00. The van der Waals surface area contributed by atoms with Crippen LogP contribution >= 0.6 is 11.6 Å². The number of rotatable bonds is 7. The van der Waals surface area contributed by atoms with E-state index in [0.717, 1.165) is 16.9 Å². The molecule has 0 fully saturated rings. The summed E-state index contributed by atoms with van der Waals surface area (Å²) in [6, 6.07) is 11.0. The second-order valence-corrected chi connectivity index (χ2v) is 7.24. The predicted octanol–water partition coefficient (Wildman–Crippen LogP) is 2.88. The van der Waals surface area contributed by atoms with E-state index in [1.165, 1.54) is 6.20 Å². The lowest BCUT2D eigenvalue weighted by Gasteiger charge is -2.13. The lowest BCUT2D eigenvalue weighted by Crippen LogP contribution is -2.12. The lowest BCUT2D eigenvalue weighted by atomic mass is 10.2. The number of nitrogens with one attached hydrogen (secondary N) is 3. The van der Waals surface area contributed by atoms with E-state index in [1.807, 2.05) is 53.2 Å². The van der Waals surface area contributed by atoms with Crippen LogP contribution in [0.5, 0.6) is 0 Å². The summed E-state index contributed by atoms with van der Waals surface area (Å²) >= 11 is 6.25. The van der Waals surface area contributed by atoms with Crippen LogP contribution in [0.25, 0.3) is 5.65 Å². The molecule has 3 heterocycles. The molecule has 3 N–H and O–H groups in total. The Morgan fingerprint density at radius 1 is 1.07 bits per heavy atom. The van der Waals surface area contributed by atoms with Crippen LogP contribution in [0, 0.1) is 0 Å². The first-order valence-corrected chi connectivity index (χ1v) is 10.1. The van der Waals surface area contributed by atoms with Crippen LogP contribution in [0.4, 0.5) is 23.1 Å². The van der Waals surface area contributed by atoms with Gasteiger partial charge in [-0.05, 0) is 17.7 Å². The summed E-state index contributed by atoms with van der Waals surface area (Å²) in [5.41, 5.74) is 3.00. The molecular weight excluding hydrogens is 414 g/mol. The molecule has 0 bridgehead atoms. The fourth-order valence-corrected chi connectivity index (χ4v) is 3.14. The van der Waals surface area contributed by atoms with Crippen molar-refractivity contribution in [3.05, 3.63) is 71.8 Å². The van der Waals surface area contributed by atoms with Gasteiger partial charge in [-0.1, -0.05) is 29.8 Å². The van der Waals surface area contributed by atoms with Crippen LogP contribution in [0.3, 0.4) is 0 Å². The van der Waals surface area contributed by atoms with Crippen LogP contribution in [-0.2, 0) is 17.4 Å². The van der Waals surface area contributed by atoms with Gasteiger partial charge in [0.25, 0.3) is 0 Å². The van der Waals surface area contributed by atoms with Gasteiger partial charge in [-0.2, -0.15) is 4.98 Å². The lowest BCUT2D eigenvalue weighted by molar-refractivity contribution is 0.601. The monoisotopic (exact) mass is 429 g/mol. The van der Waals surface area contributed by atoms with Gasteiger partial charge in [0.15, 0.2) is 5.82 Å². The number of hydrogen-bond donors (Lipinski definition) is 4. The molecule has 4 aromatic rings. The number of benzene rings is 1. The van der Waals surface area contributed by atoms with Gasteiger partial charge in [0.05, 0.1) is 6.20 Å². The highest BCUT2D eigenvalue weighted by molar-refractivity contribution is 7.70. The van der Waals surface area contributed by atoms with Crippen molar-refractivity contribution in [1.29, 1.82) is 0 Å². The summed E-state index contributed by atoms with van der Waals surface area (Å²) in [6.45, 7) is 0.153. The van der Waals surface area contributed by atoms with E-state index >= 15 is 0 Å². The third-order valence-electron chi connectivity index (χ3n) is 4.07. The Balaban J connectivity index is 1.57. The molecule has 0 saturated carbocycles. The summed E-state index contributed by atoms with van der Waals surface area (Å²) in [5.74, 6) is 0.746. The average Bonchev–Trinajstić information content (AvgIpc) is 3.17. The molecule has 0 atom stereocenters. The van der Waals surface area contributed by atoms with Crippen molar-refractivity contribution >= 4 is 51.3 Å². The number of halogens is 1. The van der Waals surface area contributed by atoms with E-state index < -0.39 is 10.9 Å². The maximum absolute atomic E-state index is 10.8. The molecule has 3 aromatic heterocycles.